The van der Waals surface area contributed by atoms with Gasteiger partial charge in [-0.1, -0.05) is 20.3 Å². The molecular weight excluding hydrogens is 282 g/mol. The Hall–Kier alpha value is -1.03. The zero-order chi connectivity index (χ0) is 13.0. The van der Waals surface area contributed by atoms with Crippen LogP contribution in [-0.2, 0) is 0 Å². The van der Waals surface area contributed by atoms with Crippen molar-refractivity contribution in [3.05, 3.63) is 28.2 Å². The van der Waals surface area contributed by atoms with Crippen LogP contribution in [0.1, 0.15) is 37.6 Å². The van der Waals surface area contributed by atoms with Gasteiger partial charge in [-0.25, -0.2) is 4.79 Å². The largest absolute Gasteiger partial charge is 0.478 e. The maximum absolute atomic E-state index is 10.8. The molecule has 0 radical (unpaired) electrons. The van der Waals surface area contributed by atoms with Crippen molar-refractivity contribution in [2.75, 3.05) is 5.32 Å². The van der Waals surface area contributed by atoms with Crippen LogP contribution in [0.25, 0.3) is 0 Å². The van der Waals surface area contributed by atoms with Crippen molar-refractivity contribution in [1.29, 1.82) is 0 Å². The molecule has 0 saturated heterocycles. The monoisotopic (exact) mass is 299 g/mol. The molecule has 3 nitrogen and oxygen atoms in total. The molecule has 0 aromatic heterocycles. The number of rotatable bonds is 5. The number of anilines is 1. The van der Waals surface area contributed by atoms with E-state index in [1.165, 1.54) is 0 Å². The Labute approximate surface area is 110 Å². The first-order valence-corrected chi connectivity index (χ1v) is 6.54. The second kappa shape index (κ2) is 6.05. The van der Waals surface area contributed by atoms with E-state index in [2.05, 4.69) is 42.0 Å². The predicted octanol–water partition coefficient (Wildman–Crippen LogP) is 3.99. The van der Waals surface area contributed by atoms with E-state index in [4.69, 9.17) is 5.11 Å². The number of carbonyl (C=O) groups is 1. The molecule has 94 valence electrons. The Morgan fingerprint density at radius 2 is 2.12 bits per heavy atom. The molecule has 4 heteroatoms. The minimum atomic E-state index is -0.910. The van der Waals surface area contributed by atoms with Crippen molar-refractivity contribution in [1.82, 2.24) is 0 Å². The van der Waals surface area contributed by atoms with Gasteiger partial charge in [0.15, 0.2) is 0 Å². The van der Waals surface area contributed by atoms with E-state index in [0.717, 1.165) is 16.6 Å². The Morgan fingerprint density at radius 1 is 1.47 bits per heavy atom. The van der Waals surface area contributed by atoms with Gasteiger partial charge in [0.1, 0.15) is 0 Å². The van der Waals surface area contributed by atoms with E-state index in [-0.39, 0.29) is 0 Å². The smallest absolute Gasteiger partial charge is 0.335 e. The highest BCUT2D eigenvalue weighted by molar-refractivity contribution is 9.10. The lowest BCUT2D eigenvalue weighted by atomic mass is 10.0. The molecule has 2 unspecified atom stereocenters. The summed E-state index contributed by atoms with van der Waals surface area (Å²) in [5.74, 6) is -0.340. The highest BCUT2D eigenvalue weighted by atomic mass is 79.9. The van der Waals surface area contributed by atoms with Gasteiger partial charge in [0.25, 0.3) is 0 Å². The Morgan fingerprint density at radius 3 is 2.59 bits per heavy atom. The summed E-state index contributed by atoms with van der Waals surface area (Å²) in [4.78, 5) is 10.8. The van der Waals surface area contributed by atoms with E-state index in [0.29, 0.717) is 17.5 Å². The Kier molecular flexibility index (Phi) is 5.00. The second-order valence-electron chi connectivity index (χ2n) is 4.32. The second-order valence-corrected chi connectivity index (χ2v) is 5.17. The van der Waals surface area contributed by atoms with E-state index >= 15 is 0 Å². The third-order valence-electron chi connectivity index (χ3n) is 3.10. The van der Waals surface area contributed by atoms with Crippen molar-refractivity contribution in [2.24, 2.45) is 5.92 Å². The number of halogens is 1. The highest BCUT2D eigenvalue weighted by Gasteiger charge is 2.12. The van der Waals surface area contributed by atoms with Crippen LogP contribution >= 0.6 is 15.9 Å². The molecule has 0 saturated carbocycles. The lowest BCUT2D eigenvalue weighted by Crippen LogP contribution is -2.23. The standard InChI is InChI=1S/C13H18BrNO2/c1-4-8(2)9(3)15-12-6-5-10(13(16)17)7-11(12)14/h5-9,15H,4H2,1-3H3,(H,16,17). The molecule has 0 heterocycles. The van der Waals surface area contributed by atoms with Gasteiger partial charge in [-0.15, -0.1) is 0 Å². The van der Waals surface area contributed by atoms with Gasteiger partial charge in [0.2, 0.25) is 0 Å². The molecule has 0 bridgehead atoms. The van der Waals surface area contributed by atoms with Gasteiger partial charge in [-0.2, -0.15) is 0 Å². The highest BCUT2D eigenvalue weighted by Crippen LogP contribution is 2.25. The lowest BCUT2D eigenvalue weighted by Gasteiger charge is -2.22. The molecule has 2 N–H and O–H groups in total. The lowest BCUT2D eigenvalue weighted by molar-refractivity contribution is 0.0697. The number of hydrogen-bond acceptors (Lipinski definition) is 2. The summed E-state index contributed by atoms with van der Waals surface area (Å²) in [5, 5.41) is 12.3. The van der Waals surface area contributed by atoms with Crippen LogP contribution in [0.2, 0.25) is 0 Å². The van der Waals surface area contributed by atoms with Gasteiger partial charge in [-0.3, -0.25) is 0 Å². The maximum Gasteiger partial charge on any atom is 0.335 e. The normalized spacial score (nSPS) is 14.1. The van der Waals surface area contributed by atoms with Crippen molar-refractivity contribution in [3.8, 4) is 0 Å². The molecule has 0 fully saturated rings. The van der Waals surface area contributed by atoms with Gasteiger partial charge in [0.05, 0.1) is 5.56 Å². The molecule has 1 aromatic rings. The summed E-state index contributed by atoms with van der Waals surface area (Å²) < 4.78 is 0.785. The number of nitrogens with one attached hydrogen (secondary N) is 1. The topological polar surface area (TPSA) is 49.3 Å². The summed E-state index contributed by atoms with van der Waals surface area (Å²) in [7, 11) is 0. The molecule has 2 atom stereocenters. The van der Waals surface area contributed by atoms with Gasteiger partial charge >= 0.3 is 5.97 Å². The van der Waals surface area contributed by atoms with Crippen molar-refractivity contribution in [3.63, 3.8) is 0 Å². The van der Waals surface area contributed by atoms with E-state index < -0.39 is 5.97 Å². The molecule has 0 aliphatic heterocycles. The Bertz CT molecular complexity index is 406. The quantitative estimate of drug-likeness (QED) is 0.864. The SMILES string of the molecule is CCC(C)C(C)Nc1ccc(C(=O)O)cc1Br. The molecule has 0 spiro atoms. The molecule has 1 aromatic carbocycles. The third-order valence-corrected chi connectivity index (χ3v) is 3.75. The van der Waals surface area contributed by atoms with Crippen LogP contribution in [-0.4, -0.2) is 17.1 Å². The van der Waals surface area contributed by atoms with E-state index in [1.54, 1.807) is 18.2 Å². The average Bonchev–Trinajstić information content (AvgIpc) is 2.30. The number of benzene rings is 1. The fourth-order valence-corrected chi connectivity index (χ4v) is 2.00. The van der Waals surface area contributed by atoms with E-state index in [9.17, 15) is 4.79 Å². The zero-order valence-electron chi connectivity index (χ0n) is 10.3. The molecule has 0 aliphatic carbocycles. The maximum atomic E-state index is 10.8. The van der Waals surface area contributed by atoms with Crippen molar-refractivity contribution < 1.29 is 9.90 Å². The fraction of sp³-hybridized carbons (Fsp3) is 0.462. The number of carboxylic acid groups (broad SMARTS) is 1. The molecule has 0 amide bonds. The van der Waals surface area contributed by atoms with Crippen LogP contribution in [0, 0.1) is 5.92 Å². The first-order valence-electron chi connectivity index (χ1n) is 5.75. The summed E-state index contributed by atoms with van der Waals surface area (Å²) in [6.45, 7) is 6.48. The van der Waals surface area contributed by atoms with Gasteiger partial charge in [0, 0.05) is 16.2 Å². The first kappa shape index (κ1) is 14.0. The zero-order valence-corrected chi connectivity index (χ0v) is 11.9. The van der Waals surface area contributed by atoms with Crippen molar-refractivity contribution in [2.45, 2.75) is 33.2 Å². The molecule has 0 aliphatic rings. The van der Waals surface area contributed by atoms with Crippen LogP contribution in [0.3, 0.4) is 0 Å². The summed E-state index contributed by atoms with van der Waals surface area (Å²) in [6, 6.07) is 5.38. The number of carboxylic acids is 1. The molecule has 1 rings (SSSR count). The summed E-state index contributed by atoms with van der Waals surface area (Å²) in [6.07, 6.45) is 1.11. The summed E-state index contributed by atoms with van der Waals surface area (Å²) in [5.41, 5.74) is 1.22. The average molecular weight is 300 g/mol. The minimum absolute atomic E-state index is 0.290. The van der Waals surface area contributed by atoms with Gasteiger partial charge < -0.3 is 10.4 Å². The third kappa shape index (κ3) is 3.73. The fourth-order valence-electron chi connectivity index (χ4n) is 1.51. The van der Waals surface area contributed by atoms with Gasteiger partial charge in [-0.05, 0) is 47.0 Å². The Balaban J connectivity index is 2.82. The predicted molar refractivity (Wildman–Crippen MR) is 73.6 cm³/mol. The number of hydrogen-bond donors (Lipinski definition) is 2. The number of aromatic carboxylic acids is 1. The van der Waals surface area contributed by atoms with Crippen LogP contribution in [0.5, 0.6) is 0 Å². The molecular formula is C13H18BrNO2. The van der Waals surface area contributed by atoms with Crippen LogP contribution in [0.15, 0.2) is 22.7 Å². The summed E-state index contributed by atoms with van der Waals surface area (Å²) >= 11 is 3.39. The minimum Gasteiger partial charge on any atom is -0.478 e. The van der Waals surface area contributed by atoms with Crippen LogP contribution < -0.4 is 5.32 Å². The first-order chi connectivity index (χ1) is 7.95. The van der Waals surface area contributed by atoms with Crippen molar-refractivity contribution >= 4 is 27.6 Å². The molecule has 17 heavy (non-hydrogen) atoms. The van der Waals surface area contributed by atoms with Crippen LogP contribution in [0.4, 0.5) is 5.69 Å². The van der Waals surface area contributed by atoms with E-state index in [1.807, 2.05) is 0 Å².